The van der Waals surface area contributed by atoms with Gasteiger partial charge in [0.2, 0.25) is 0 Å². The van der Waals surface area contributed by atoms with Gasteiger partial charge in [0.1, 0.15) is 11.5 Å². The highest BCUT2D eigenvalue weighted by atomic mass is 35.5. The molecule has 0 spiro atoms. The first-order valence-electron chi connectivity index (χ1n) is 6.84. The molecule has 0 saturated heterocycles. The zero-order valence-electron chi connectivity index (χ0n) is 12.0. The standard InChI is InChI=1S/C17H16Cl2O2/c1-10-3-4-11(8-15(10)20-2)16(19)14-9-13(18)7-12-5-6-21-17(12)14/h3-4,7-9,16H,5-6H2,1-2H3. The van der Waals surface area contributed by atoms with Crippen molar-refractivity contribution < 1.29 is 9.47 Å². The average molecular weight is 323 g/mol. The maximum atomic E-state index is 6.67. The van der Waals surface area contributed by atoms with Gasteiger partial charge in [-0.15, -0.1) is 11.6 Å². The zero-order valence-corrected chi connectivity index (χ0v) is 13.5. The smallest absolute Gasteiger partial charge is 0.127 e. The summed E-state index contributed by atoms with van der Waals surface area (Å²) < 4.78 is 11.1. The van der Waals surface area contributed by atoms with Crippen LogP contribution in [0.25, 0.3) is 0 Å². The number of benzene rings is 2. The lowest BCUT2D eigenvalue weighted by Gasteiger charge is -2.16. The Morgan fingerprint density at radius 2 is 2.05 bits per heavy atom. The Morgan fingerprint density at radius 3 is 2.81 bits per heavy atom. The Kier molecular flexibility index (Phi) is 4.01. The summed E-state index contributed by atoms with van der Waals surface area (Å²) in [6, 6.07) is 9.82. The molecular weight excluding hydrogens is 307 g/mol. The van der Waals surface area contributed by atoms with Crippen LogP contribution in [0.15, 0.2) is 30.3 Å². The van der Waals surface area contributed by atoms with Crippen molar-refractivity contribution in [2.45, 2.75) is 18.7 Å². The van der Waals surface area contributed by atoms with Crippen LogP contribution in [0.3, 0.4) is 0 Å². The van der Waals surface area contributed by atoms with Gasteiger partial charge in [-0.2, -0.15) is 0 Å². The van der Waals surface area contributed by atoms with E-state index < -0.39 is 0 Å². The molecule has 110 valence electrons. The summed E-state index contributed by atoms with van der Waals surface area (Å²) in [7, 11) is 1.66. The molecule has 1 unspecified atom stereocenters. The fraction of sp³-hybridized carbons (Fsp3) is 0.294. The van der Waals surface area contributed by atoms with Crippen LogP contribution in [0, 0.1) is 6.92 Å². The first-order valence-corrected chi connectivity index (χ1v) is 7.65. The van der Waals surface area contributed by atoms with Crippen molar-refractivity contribution >= 4 is 23.2 Å². The molecule has 3 rings (SSSR count). The van der Waals surface area contributed by atoms with Gasteiger partial charge < -0.3 is 9.47 Å². The van der Waals surface area contributed by atoms with Gasteiger partial charge in [0.15, 0.2) is 0 Å². The number of fused-ring (bicyclic) bond motifs is 1. The van der Waals surface area contributed by atoms with Gasteiger partial charge in [0, 0.05) is 17.0 Å². The molecule has 1 atom stereocenters. The van der Waals surface area contributed by atoms with Crippen molar-refractivity contribution in [2.24, 2.45) is 0 Å². The second-order valence-electron chi connectivity index (χ2n) is 5.17. The van der Waals surface area contributed by atoms with E-state index >= 15 is 0 Å². The van der Waals surface area contributed by atoms with Crippen molar-refractivity contribution in [3.05, 3.63) is 57.6 Å². The molecule has 2 aromatic carbocycles. The fourth-order valence-electron chi connectivity index (χ4n) is 2.66. The van der Waals surface area contributed by atoms with Crippen LogP contribution >= 0.6 is 23.2 Å². The maximum absolute atomic E-state index is 6.67. The molecule has 0 saturated carbocycles. The topological polar surface area (TPSA) is 18.5 Å². The number of ether oxygens (including phenoxy) is 2. The molecule has 1 heterocycles. The monoisotopic (exact) mass is 322 g/mol. The highest BCUT2D eigenvalue weighted by molar-refractivity contribution is 6.31. The van der Waals surface area contributed by atoms with Crippen molar-refractivity contribution in [2.75, 3.05) is 13.7 Å². The molecule has 1 aliphatic heterocycles. The highest BCUT2D eigenvalue weighted by Crippen LogP contribution is 2.42. The lowest BCUT2D eigenvalue weighted by atomic mass is 9.99. The van der Waals surface area contributed by atoms with Crippen LogP contribution in [-0.2, 0) is 6.42 Å². The molecule has 0 radical (unpaired) electrons. The number of alkyl halides is 1. The Labute approximate surface area is 134 Å². The minimum atomic E-state index is -0.315. The third-order valence-electron chi connectivity index (χ3n) is 3.77. The molecule has 2 aromatic rings. The first-order chi connectivity index (χ1) is 10.1. The summed E-state index contributed by atoms with van der Waals surface area (Å²) in [4.78, 5) is 0. The van der Waals surface area contributed by atoms with Gasteiger partial charge in [0.25, 0.3) is 0 Å². The van der Waals surface area contributed by atoms with Gasteiger partial charge in [-0.25, -0.2) is 0 Å². The van der Waals surface area contributed by atoms with Crippen LogP contribution in [0.4, 0.5) is 0 Å². The van der Waals surface area contributed by atoms with Gasteiger partial charge in [-0.05, 0) is 41.8 Å². The lowest BCUT2D eigenvalue weighted by molar-refractivity contribution is 0.353. The van der Waals surface area contributed by atoms with Crippen LogP contribution < -0.4 is 9.47 Å². The van der Waals surface area contributed by atoms with E-state index in [1.807, 2.05) is 37.3 Å². The number of halogens is 2. The normalized spacial score (nSPS) is 14.5. The molecule has 4 heteroatoms. The van der Waals surface area contributed by atoms with Crippen LogP contribution in [0.1, 0.15) is 27.6 Å². The predicted octanol–water partition coefficient (Wildman–Crippen LogP) is 4.92. The summed E-state index contributed by atoms with van der Waals surface area (Å²) in [6.45, 7) is 2.69. The van der Waals surface area contributed by atoms with Gasteiger partial charge >= 0.3 is 0 Å². The van der Waals surface area contributed by atoms with Crippen molar-refractivity contribution in [1.29, 1.82) is 0 Å². The average Bonchev–Trinajstić information content (AvgIpc) is 2.94. The quantitative estimate of drug-likeness (QED) is 0.747. The second-order valence-corrected chi connectivity index (χ2v) is 6.05. The summed E-state index contributed by atoms with van der Waals surface area (Å²) >= 11 is 12.9. The third-order valence-corrected chi connectivity index (χ3v) is 4.48. The molecule has 0 aromatic heterocycles. The van der Waals surface area contributed by atoms with Crippen LogP contribution in [0.2, 0.25) is 5.02 Å². The molecular formula is C17H16Cl2O2. The van der Waals surface area contributed by atoms with Crippen molar-refractivity contribution in [3.8, 4) is 11.5 Å². The molecule has 0 N–H and O–H groups in total. The minimum absolute atomic E-state index is 0.315. The SMILES string of the molecule is COc1cc(C(Cl)c2cc(Cl)cc3c2OCC3)ccc1C. The van der Waals surface area contributed by atoms with E-state index in [0.717, 1.165) is 40.2 Å². The fourth-order valence-corrected chi connectivity index (χ4v) is 3.21. The van der Waals surface area contributed by atoms with E-state index in [4.69, 9.17) is 32.7 Å². The van der Waals surface area contributed by atoms with Crippen LogP contribution in [0.5, 0.6) is 11.5 Å². The van der Waals surface area contributed by atoms with Crippen LogP contribution in [-0.4, -0.2) is 13.7 Å². The summed E-state index contributed by atoms with van der Waals surface area (Å²) in [5, 5.41) is 0.379. The van der Waals surface area contributed by atoms with Crippen molar-refractivity contribution in [3.63, 3.8) is 0 Å². The molecule has 1 aliphatic rings. The summed E-state index contributed by atoms with van der Waals surface area (Å²) in [6.07, 6.45) is 0.879. The van der Waals surface area contributed by atoms with Gasteiger partial charge in [-0.3, -0.25) is 0 Å². The number of rotatable bonds is 3. The second kappa shape index (κ2) is 5.78. The molecule has 2 nitrogen and oxygen atoms in total. The Hall–Kier alpha value is -1.38. The van der Waals surface area contributed by atoms with Gasteiger partial charge in [-0.1, -0.05) is 23.7 Å². The highest BCUT2D eigenvalue weighted by Gasteiger charge is 2.23. The summed E-state index contributed by atoms with van der Waals surface area (Å²) in [5.41, 5.74) is 4.10. The largest absolute Gasteiger partial charge is 0.496 e. The molecule has 0 fully saturated rings. The Morgan fingerprint density at radius 1 is 1.24 bits per heavy atom. The van der Waals surface area contributed by atoms with E-state index in [9.17, 15) is 0 Å². The third kappa shape index (κ3) is 2.70. The molecule has 0 amide bonds. The molecule has 21 heavy (non-hydrogen) atoms. The van der Waals surface area contributed by atoms with Gasteiger partial charge in [0.05, 0.1) is 19.1 Å². The van der Waals surface area contributed by atoms with Crippen molar-refractivity contribution in [1.82, 2.24) is 0 Å². The van der Waals surface area contributed by atoms with E-state index in [1.54, 1.807) is 7.11 Å². The first kappa shape index (κ1) is 14.6. The maximum Gasteiger partial charge on any atom is 0.127 e. The minimum Gasteiger partial charge on any atom is -0.496 e. The zero-order chi connectivity index (χ0) is 15.0. The number of aryl methyl sites for hydroxylation is 1. The molecule has 0 aliphatic carbocycles. The number of hydrogen-bond acceptors (Lipinski definition) is 2. The van der Waals surface area contributed by atoms with E-state index in [2.05, 4.69) is 0 Å². The predicted molar refractivity (Wildman–Crippen MR) is 86.1 cm³/mol. The van der Waals surface area contributed by atoms with E-state index in [1.165, 1.54) is 0 Å². The summed E-state index contributed by atoms with van der Waals surface area (Å²) in [5.74, 6) is 1.71. The number of methoxy groups -OCH3 is 1. The van der Waals surface area contributed by atoms with E-state index in [0.29, 0.717) is 11.6 Å². The Balaban J connectivity index is 2.05. The lowest BCUT2D eigenvalue weighted by Crippen LogP contribution is -1.99. The van der Waals surface area contributed by atoms with E-state index in [-0.39, 0.29) is 5.38 Å². The number of hydrogen-bond donors (Lipinski definition) is 0. The molecule has 0 bridgehead atoms. The Bertz CT molecular complexity index is 683.